The molecule has 0 aromatic heterocycles. The minimum atomic E-state index is -0.736. The van der Waals surface area contributed by atoms with E-state index in [2.05, 4.69) is 5.32 Å². The lowest BCUT2D eigenvalue weighted by molar-refractivity contribution is 0.0155. The van der Waals surface area contributed by atoms with Crippen LogP contribution < -0.4 is 5.32 Å². The summed E-state index contributed by atoms with van der Waals surface area (Å²) < 4.78 is 0. The van der Waals surface area contributed by atoms with E-state index in [1.165, 1.54) is 4.90 Å². The number of rotatable bonds is 3. The van der Waals surface area contributed by atoms with Gasteiger partial charge in [-0.05, 0) is 27.2 Å². The standard InChI is InChI=1S/C10H18N2O2/c1-4-5-6-7-12-8(13)10(2,3)11-9(12)14/h4-5,8,13H,6-7H2,1-3H3,(H,11,14)/b5-4+. The van der Waals surface area contributed by atoms with Gasteiger partial charge in [0.05, 0.1) is 5.54 Å². The Balaban J connectivity index is 2.57. The van der Waals surface area contributed by atoms with E-state index in [9.17, 15) is 9.90 Å². The highest BCUT2D eigenvalue weighted by atomic mass is 16.3. The topological polar surface area (TPSA) is 52.6 Å². The zero-order chi connectivity index (χ0) is 10.8. The summed E-state index contributed by atoms with van der Waals surface area (Å²) in [6, 6.07) is -0.188. The first kappa shape index (κ1) is 11.0. The summed E-state index contributed by atoms with van der Waals surface area (Å²) in [5.41, 5.74) is -0.549. The molecule has 1 saturated heterocycles. The van der Waals surface area contributed by atoms with Crippen LogP contribution >= 0.6 is 0 Å². The predicted octanol–water partition coefficient (Wildman–Crippen LogP) is 1.07. The van der Waals surface area contributed by atoms with Crippen molar-refractivity contribution < 1.29 is 9.90 Å². The van der Waals surface area contributed by atoms with Crippen molar-refractivity contribution in [1.82, 2.24) is 10.2 Å². The van der Waals surface area contributed by atoms with Crippen LogP contribution in [0.5, 0.6) is 0 Å². The molecule has 0 bridgehead atoms. The number of aliphatic hydroxyl groups is 1. The van der Waals surface area contributed by atoms with Gasteiger partial charge < -0.3 is 10.4 Å². The van der Waals surface area contributed by atoms with Gasteiger partial charge in [-0.2, -0.15) is 0 Å². The molecule has 1 heterocycles. The van der Waals surface area contributed by atoms with E-state index in [0.717, 1.165) is 6.42 Å². The minimum Gasteiger partial charge on any atom is -0.371 e. The first-order chi connectivity index (χ1) is 6.49. The molecule has 1 aliphatic heterocycles. The second-order valence-electron chi connectivity index (χ2n) is 4.08. The van der Waals surface area contributed by atoms with Crippen molar-refractivity contribution in [3.63, 3.8) is 0 Å². The number of carbonyl (C=O) groups excluding carboxylic acids is 1. The summed E-state index contributed by atoms with van der Waals surface area (Å²) >= 11 is 0. The van der Waals surface area contributed by atoms with Crippen molar-refractivity contribution in [2.24, 2.45) is 0 Å². The number of aliphatic hydroxyl groups excluding tert-OH is 1. The van der Waals surface area contributed by atoms with E-state index in [1.54, 1.807) is 0 Å². The summed E-state index contributed by atoms with van der Waals surface area (Å²) in [4.78, 5) is 12.9. The van der Waals surface area contributed by atoms with Gasteiger partial charge in [0.25, 0.3) is 0 Å². The SMILES string of the molecule is C/C=C/CCN1C(=O)NC(C)(C)C1O. The molecule has 1 rings (SSSR count). The summed E-state index contributed by atoms with van der Waals surface area (Å²) in [6.45, 7) is 6.11. The van der Waals surface area contributed by atoms with Gasteiger partial charge in [-0.15, -0.1) is 0 Å². The molecule has 1 unspecified atom stereocenters. The van der Waals surface area contributed by atoms with Gasteiger partial charge in [0.1, 0.15) is 0 Å². The van der Waals surface area contributed by atoms with Gasteiger partial charge in [0.15, 0.2) is 6.23 Å². The molecule has 0 aromatic carbocycles. The molecule has 80 valence electrons. The molecular formula is C10H18N2O2. The molecule has 2 amide bonds. The third kappa shape index (κ3) is 2.07. The maximum Gasteiger partial charge on any atom is 0.320 e. The molecule has 0 aliphatic carbocycles. The third-order valence-electron chi connectivity index (χ3n) is 2.40. The third-order valence-corrected chi connectivity index (χ3v) is 2.40. The van der Waals surface area contributed by atoms with Crippen LogP contribution in [0.4, 0.5) is 4.79 Å². The van der Waals surface area contributed by atoms with Gasteiger partial charge in [-0.25, -0.2) is 4.79 Å². The second-order valence-corrected chi connectivity index (χ2v) is 4.08. The van der Waals surface area contributed by atoms with Crippen molar-refractivity contribution in [2.45, 2.75) is 39.0 Å². The van der Waals surface area contributed by atoms with Gasteiger partial charge in [0, 0.05) is 6.54 Å². The van der Waals surface area contributed by atoms with Gasteiger partial charge >= 0.3 is 6.03 Å². The fourth-order valence-corrected chi connectivity index (χ4v) is 1.52. The molecule has 2 N–H and O–H groups in total. The molecule has 4 heteroatoms. The van der Waals surface area contributed by atoms with E-state index in [0.29, 0.717) is 6.54 Å². The minimum absolute atomic E-state index is 0.188. The quantitative estimate of drug-likeness (QED) is 0.667. The largest absolute Gasteiger partial charge is 0.371 e. The van der Waals surface area contributed by atoms with Crippen molar-refractivity contribution in [3.8, 4) is 0 Å². The monoisotopic (exact) mass is 198 g/mol. The van der Waals surface area contributed by atoms with Crippen LogP contribution in [0.3, 0.4) is 0 Å². The van der Waals surface area contributed by atoms with Crippen LogP contribution in [0, 0.1) is 0 Å². The summed E-state index contributed by atoms with van der Waals surface area (Å²) in [5.74, 6) is 0. The van der Waals surface area contributed by atoms with Gasteiger partial charge in [-0.1, -0.05) is 12.2 Å². The van der Waals surface area contributed by atoms with E-state index in [4.69, 9.17) is 0 Å². The number of carbonyl (C=O) groups is 1. The second kappa shape index (κ2) is 4.00. The Labute approximate surface area is 84.6 Å². The summed E-state index contributed by atoms with van der Waals surface area (Å²) in [6.07, 6.45) is 3.95. The van der Waals surface area contributed by atoms with Crippen LogP contribution in [0.25, 0.3) is 0 Å². The Kier molecular flexibility index (Phi) is 3.16. The fourth-order valence-electron chi connectivity index (χ4n) is 1.52. The number of allylic oxidation sites excluding steroid dienone is 1. The smallest absolute Gasteiger partial charge is 0.320 e. The van der Waals surface area contributed by atoms with Gasteiger partial charge in [-0.3, -0.25) is 4.90 Å². The molecule has 0 radical (unpaired) electrons. The van der Waals surface area contributed by atoms with Crippen LogP contribution in [-0.2, 0) is 0 Å². The number of hydrogen-bond acceptors (Lipinski definition) is 2. The first-order valence-corrected chi connectivity index (χ1v) is 4.87. The van der Waals surface area contributed by atoms with Crippen molar-refractivity contribution in [1.29, 1.82) is 0 Å². The van der Waals surface area contributed by atoms with Crippen LogP contribution in [-0.4, -0.2) is 34.3 Å². The summed E-state index contributed by atoms with van der Waals surface area (Å²) in [5, 5.41) is 12.5. The molecule has 0 saturated carbocycles. The van der Waals surface area contributed by atoms with Crippen LogP contribution in [0.2, 0.25) is 0 Å². The lowest BCUT2D eigenvalue weighted by atomic mass is 10.1. The van der Waals surface area contributed by atoms with E-state index in [1.807, 2.05) is 32.9 Å². The van der Waals surface area contributed by atoms with Crippen molar-refractivity contribution in [2.75, 3.05) is 6.54 Å². The number of urea groups is 1. The Morgan fingerprint density at radius 3 is 2.71 bits per heavy atom. The highest BCUT2D eigenvalue weighted by Crippen LogP contribution is 2.21. The molecule has 0 spiro atoms. The van der Waals surface area contributed by atoms with Crippen molar-refractivity contribution >= 4 is 6.03 Å². The average Bonchev–Trinajstić information content (AvgIpc) is 2.27. The number of amides is 2. The first-order valence-electron chi connectivity index (χ1n) is 4.87. The molecule has 1 atom stereocenters. The Hall–Kier alpha value is -1.03. The molecule has 1 aliphatic rings. The molecule has 4 nitrogen and oxygen atoms in total. The number of hydrogen-bond donors (Lipinski definition) is 2. The lowest BCUT2D eigenvalue weighted by Crippen LogP contribution is -2.44. The normalized spacial score (nSPS) is 25.9. The maximum atomic E-state index is 11.4. The molecular weight excluding hydrogens is 180 g/mol. The fraction of sp³-hybridized carbons (Fsp3) is 0.700. The van der Waals surface area contributed by atoms with E-state index in [-0.39, 0.29) is 6.03 Å². The highest BCUT2D eigenvalue weighted by Gasteiger charge is 2.43. The van der Waals surface area contributed by atoms with Crippen LogP contribution in [0.15, 0.2) is 12.2 Å². The van der Waals surface area contributed by atoms with E-state index < -0.39 is 11.8 Å². The molecule has 0 aromatic rings. The zero-order valence-electron chi connectivity index (χ0n) is 8.95. The average molecular weight is 198 g/mol. The van der Waals surface area contributed by atoms with Gasteiger partial charge in [0.2, 0.25) is 0 Å². The Morgan fingerprint density at radius 2 is 2.29 bits per heavy atom. The highest BCUT2D eigenvalue weighted by molar-refractivity contribution is 5.78. The predicted molar refractivity (Wildman–Crippen MR) is 54.8 cm³/mol. The lowest BCUT2D eigenvalue weighted by Gasteiger charge is -2.25. The Bertz CT molecular complexity index is 249. The number of nitrogens with zero attached hydrogens (tertiary/aromatic N) is 1. The van der Waals surface area contributed by atoms with Crippen molar-refractivity contribution in [3.05, 3.63) is 12.2 Å². The summed E-state index contributed by atoms with van der Waals surface area (Å²) in [7, 11) is 0. The zero-order valence-corrected chi connectivity index (χ0v) is 8.95. The molecule has 14 heavy (non-hydrogen) atoms. The number of nitrogens with one attached hydrogen (secondary N) is 1. The van der Waals surface area contributed by atoms with E-state index >= 15 is 0 Å². The van der Waals surface area contributed by atoms with Crippen LogP contribution in [0.1, 0.15) is 27.2 Å². The molecule has 1 fully saturated rings. The maximum absolute atomic E-state index is 11.4. The Morgan fingerprint density at radius 1 is 1.64 bits per heavy atom.